The molecule has 114 valence electrons. The third kappa shape index (κ3) is 3.44. The highest BCUT2D eigenvalue weighted by atomic mass is 16.5. The molecule has 0 unspecified atom stereocenters. The number of benzene rings is 1. The van der Waals surface area contributed by atoms with Crippen LogP contribution in [-0.2, 0) is 9.53 Å². The van der Waals surface area contributed by atoms with E-state index < -0.39 is 12.1 Å². The Morgan fingerprint density at radius 2 is 2.14 bits per heavy atom. The molecule has 2 rings (SSSR count). The van der Waals surface area contributed by atoms with Crippen LogP contribution in [-0.4, -0.2) is 41.5 Å². The number of hydrogen-bond donors (Lipinski definition) is 1. The van der Waals surface area contributed by atoms with Crippen LogP contribution >= 0.6 is 0 Å². The van der Waals surface area contributed by atoms with E-state index in [-0.39, 0.29) is 12.3 Å². The first kappa shape index (κ1) is 15.6. The topological polar surface area (TPSA) is 86.2 Å². The highest BCUT2D eigenvalue weighted by molar-refractivity contribution is 5.96. The van der Waals surface area contributed by atoms with Crippen molar-refractivity contribution in [3.63, 3.8) is 0 Å². The minimum atomic E-state index is -0.900. The van der Waals surface area contributed by atoms with Gasteiger partial charge in [-0.25, -0.2) is 4.79 Å². The molecule has 0 bridgehead atoms. The molecule has 6 heteroatoms. The van der Waals surface area contributed by atoms with Gasteiger partial charge in [0.1, 0.15) is 5.69 Å². The number of para-hydroxylation sites is 1. The molecule has 1 heterocycles. The summed E-state index contributed by atoms with van der Waals surface area (Å²) in [5.41, 5.74) is 1.14. The number of carbonyl (C=O) groups excluding carboxylic acids is 2. The maximum absolute atomic E-state index is 12.1. The van der Waals surface area contributed by atoms with Gasteiger partial charge in [0.05, 0.1) is 12.5 Å². The van der Waals surface area contributed by atoms with Gasteiger partial charge in [-0.05, 0) is 19.1 Å². The number of aromatic nitrogens is 1. The van der Waals surface area contributed by atoms with E-state index in [4.69, 9.17) is 10.00 Å². The zero-order valence-corrected chi connectivity index (χ0v) is 12.5. The van der Waals surface area contributed by atoms with Crippen molar-refractivity contribution in [1.82, 2.24) is 9.88 Å². The molecule has 0 spiro atoms. The van der Waals surface area contributed by atoms with Gasteiger partial charge < -0.3 is 14.6 Å². The van der Waals surface area contributed by atoms with Crippen LogP contribution in [0.3, 0.4) is 0 Å². The molecule has 1 amide bonds. The number of fused-ring (bicyclic) bond motifs is 1. The van der Waals surface area contributed by atoms with Crippen molar-refractivity contribution in [3.8, 4) is 6.07 Å². The quantitative estimate of drug-likeness (QED) is 0.856. The number of nitrogens with zero attached hydrogens (tertiary/aromatic N) is 2. The van der Waals surface area contributed by atoms with Crippen LogP contribution in [0.25, 0.3) is 10.9 Å². The summed E-state index contributed by atoms with van der Waals surface area (Å²) in [6.07, 6.45) is -0.659. The number of H-pyrrole nitrogens is 1. The Hall–Kier alpha value is -2.81. The molecule has 0 aliphatic rings. The Balaban J connectivity index is 2.01. The van der Waals surface area contributed by atoms with E-state index >= 15 is 0 Å². The number of ether oxygens (including phenoxy) is 1. The first-order valence-corrected chi connectivity index (χ1v) is 6.93. The molecule has 0 saturated heterocycles. The number of likely N-dealkylation sites (N-methyl/N-ethyl adjacent to an activating group) is 1. The molecule has 2 aromatic rings. The van der Waals surface area contributed by atoms with Gasteiger partial charge in [0, 0.05) is 24.5 Å². The lowest BCUT2D eigenvalue weighted by Crippen LogP contribution is -2.37. The summed E-state index contributed by atoms with van der Waals surface area (Å²) in [6, 6.07) is 11.1. The normalized spacial score (nSPS) is 11.7. The Morgan fingerprint density at radius 3 is 2.82 bits per heavy atom. The molecule has 1 N–H and O–H groups in total. The Morgan fingerprint density at radius 1 is 1.41 bits per heavy atom. The second-order valence-electron chi connectivity index (χ2n) is 4.99. The predicted molar refractivity (Wildman–Crippen MR) is 81.0 cm³/mol. The van der Waals surface area contributed by atoms with Gasteiger partial charge in [-0.2, -0.15) is 5.26 Å². The Bertz CT molecular complexity index is 697. The lowest BCUT2D eigenvalue weighted by Gasteiger charge is -2.20. The maximum Gasteiger partial charge on any atom is 0.355 e. The molecule has 1 aromatic carbocycles. The average Bonchev–Trinajstić information content (AvgIpc) is 2.95. The molecule has 0 aliphatic carbocycles. The fourth-order valence-corrected chi connectivity index (χ4v) is 2.10. The predicted octanol–water partition coefficient (Wildman–Crippen LogP) is 2.09. The number of carbonyl (C=O) groups is 2. The number of nitriles is 1. The van der Waals surface area contributed by atoms with Crippen molar-refractivity contribution >= 4 is 22.8 Å². The number of esters is 1. The fraction of sp³-hybridized carbons (Fsp3) is 0.312. The van der Waals surface area contributed by atoms with Gasteiger partial charge in [-0.1, -0.05) is 18.2 Å². The highest BCUT2D eigenvalue weighted by Crippen LogP contribution is 2.16. The van der Waals surface area contributed by atoms with E-state index in [9.17, 15) is 9.59 Å². The summed E-state index contributed by atoms with van der Waals surface area (Å²) < 4.78 is 5.18. The summed E-state index contributed by atoms with van der Waals surface area (Å²) in [5, 5.41) is 9.42. The average molecular weight is 299 g/mol. The van der Waals surface area contributed by atoms with E-state index in [1.165, 1.54) is 11.8 Å². The van der Waals surface area contributed by atoms with Crippen LogP contribution in [0, 0.1) is 11.3 Å². The lowest BCUT2D eigenvalue weighted by atomic mass is 10.2. The SMILES string of the molecule is C[C@@H](OC(=O)c1cc2ccccc2[nH]1)C(=O)N(C)CCC#N. The molecule has 0 aliphatic heterocycles. The largest absolute Gasteiger partial charge is 0.448 e. The van der Waals surface area contributed by atoms with Crippen molar-refractivity contribution in [2.75, 3.05) is 13.6 Å². The summed E-state index contributed by atoms with van der Waals surface area (Å²) in [7, 11) is 1.58. The standard InChI is InChI=1S/C16H17N3O3/c1-11(15(20)19(2)9-5-8-17)22-16(21)14-10-12-6-3-4-7-13(12)18-14/h3-4,6-7,10-11,18H,5,9H2,1-2H3/t11-/m1/s1. The smallest absolute Gasteiger partial charge is 0.355 e. The molecular formula is C16H17N3O3. The number of aromatic amines is 1. The first-order valence-electron chi connectivity index (χ1n) is 6.93. The Kier molecular flexibility index (Phi) is 4.79. The number of rotatable bonds is 5. The second kappa shape index (κ2) is 6.76. The van der Waals surface area contributed by atoms with Crippen molar-refractivity contribution in [3.05, 3.63) is 36.0 Å². The molecule has 0 radical (unpaired) electrons. The summed E-state index contributed by atoms with van der Waals surface area (Å²) in [6.45, 7) is 1.83. The van der Waals surface area contributed by atoms with Crippen molar-refractivity contribution in [1.29, 1.82) is 5.26 Å². The number of amides is 1. The van der Waals surface area contributed by atoms with Gasteiger partial charge in [0.2, 0.25) is 0 Å². The third-order valence-corrected chi connectivity index (χ3v) is 3.32. The van der Waals surface area contributed by atoms with E-state index in [1.54, 1.807) is 13.1 Å². The van der Waals surface area contributed by atoms with E-state index in [2.05, 4.69) is 4.98 Å². The molecule has 6 nitrogen and oxygen atoms in total. The third-order valence-electron chi connectivity index (χ3n) is 3.32. The monoisotopic (exact) mass is 299 g/mol. The summed E-state index contributed by atoms with van der Waals surface area (Å²) >= 11 is 0. The first-order chi connectivity index (χ1) is 10.5. The van der Waals surface area contributed by atoms with Gasteiger partial charge in [0.25, 0.3) is 5.91 Å². The fourth-order valence-electron chi connectivity index (χ4n) is 2.10. The molecular weight excluding hydrogens is 282 g/mol. The molecule has 0 fully saturated rings. The summed E-state index contributed by atoms with van der Waals surface area (Å²) in [4.78, 5) is 28.4. The number of nitrogens with one attached hydrogen (secondary N) is 1. The second-order valence-corrected chi connectivity index (χ2v) is 4.99. The molecule has 22 heavy (non-hydrogen) atoms. The van der Waals surface area contributed by atoms with Crippen LogP contribution in [0.2, 0.25) is 0 Å². The van der Waals surface area contributed by atoms with E-state index in [0.29, 0.717) is 12.2 Å². The zero-order valence-electron chi connectivity index (χ0n) is 12.5. The molecule has 1 aromatic heterocycles. The van der Waals surface area contributed by atoms with Gasteiger partial charge in [-0.15, -0.1) is 0 Å². The number of hydrogen-bond acceptors (Lipinski definition) is 4. The van der Waals surface area contributed by atoms with Crippen LogP contribution in [0.1, 0.15) is 23.8 Å². The van der Waals surface area contributed by atoms with Crippen LogP contribution < -0.4 is 0 Å². The zero-order chi connectivity index (χ0) is 16.1. The van der Waals surface area contributed by atoms with Crippen LogP contribution in [0.5, 0.6) is 0 Å². The van der Waals surface area contributed by atoms with E-state index in [0.717, 1.165) is 10.9 Å². The van der Waals surface area contributed by atoms with Gasteiger partial charge in [-0.3, -0.25) is 4.79 Å². The van der Waals surface area contributed by atoms with Crippen LogP contribution in [0.15, 0.2) is 30.3 Å². The van der Waals surface area contributed by atoms with Crippen LogP contribution in [0.4, 0.5) is 0 Å². The van der Waals surface area contributed by atoms with Crippen molar-refractivity contribution in [2.24, 2.45) is 0 Å². The van der Waals surface area contributed by atoms with E-state index in [1.807, 2.05) is 30.3 Å². The van der Waals surface area contributed by atoms with Gasteiger partial charge in [0.15, 0.2) is 6.10 Å². The molecule has 0 saturated carbocycles. The van der Waals surface area contributed by atoms with Crippen molar-refractivity contribution < 1.29 is 14.3 Å². The Labute approximate surface area is 128 Å². The molecule has 1 atom stereocenters. The highest BCUT2D eigenvalue weighted by Gasteiger charge is 2.22. The summed E-state index contributed by atoms with van der Waals surface area (Å²) in [5.74, 6) is -0.912. The minimum absolute atomic E-state index is 0.241. The van der Waals surface area contributed by atoms with Crippen molar-refractivity contribution in [2.45, 2.75) is 19.4 Å². The lowest BCUT2D eigenvalue weighted by molar-refractivity contribution is -0.138. The minimum Gasteiger partial charge on any atom is -0.448 e. The maximum atomic E-state index is 12.1. The van der Waals surface area contributed by atoms with Gasteiger partial charge >= 0.3 is 5.97 Å².